The first-order valence-corrected chi connectivity index (χ1v) is 8.31. The van der Waals surface area contributed by atoms with Gasteiger partial charge in [-0.05, 0) is 51.3 Å². The molecule has 0 spiro atoms. The van der Waals surface area contributed by atoms with Crippen LogP contribution in [0.4, 0.5) is 0 Å². The van der Waals surface area contributed by atoms with Crippen molar-refractivity contribution < 1.29 is 9.90 Å². The quantitative estimate of drug-likeness (QED) is 0.845. The molecule has 1 aliphatic rings. The predicted molar refractivity (Wildman–Crippen MR) is 88.8 cm³/mol. The van der Waals surface area contributed by atoms with Gasteiger partial charge in [-0.1, -0.05) is 29.8 Å². The number of halogens is 1. The zero-order valence-corrected chi connectivity index (χ0v) is 14.0. The lowest BCUT2D eigenvalue weighted by Crippen LogP contribution is -2.47. The molecule has 1 aromatic rings. The maximum absolute atomic E-state index is 12.4. The molecule has 1 saturated heterocycles. The van der Waals surface area contributed by atoms with Crippen LogP contribution in [0.25, 0.3) is 0 Å². The van der Waals surface area contributed by atoms with Crippen molar-refractivity contribution in [3.8, 4) is 0 Å². The third kappa shape index (κ3) is 4.45. The van der Waals surface area contributed by atoms with E-state index in [-0.39, 0.29) is 18.1 Å². The van der Waals surface area contributed by atoms with Crippen LogP contribution in [0.15, 0.2) is 24.3 Å². The molecule has 2 N–H and O–H groups in total. The summed E-state index contributed by atoms with van der Waals surface area (Å²) in [6, 6.07) is 7.64. The van der Waals surface area contributed by atoms with Gasteiger partial charge in [-0.3, -0.25) is 9.69 Å². The molecule has 1 fully saturated rings. The fourth-order valence-corrected chi connectivity index (χ4v) is 3.34. The van der Waals surface area contributed by atoms with Crippen molar-refractivity contribution in [3.63, 3.8) is 0 Å². The Kier molecular flexibility index (Phi) is 6.24. The van der Waals surface area contributed by atoms with Crippen LogP contribution in [-0.4, -0.2) is 40.6 Å². The number of carbonyl (C=O) groups is 1. The summed E-state index contributed by atoms with van der Waals surface area (Å²) in [5, 5.41) is 13.2. The lowest BCUT2D eigenvalue weighted by molar-refractivity contribution is -0.126. The summed E-state index contributed by atoms with van der Waals surface area (Å²) in [6.07, 6.45) is 2.53. The number of hydrogen-bond donors (Lipinski definition) is 2. The van der Waals surface area contributed by atoms with E-state index in [0.717, 1.165) is 31.4 Å². The van der Waals surface area contributed by atoms with Crippen LogP contribution >= 0.6 is 11.6 Å². The highest BCUT2D eigenvalue weighted by Crippen LogP contribution is 2.24. The second-order valence-electron chi connectivity index (χ2n) is 6.10. The van der Waals surface area contributed by atoms with Gasteiger partial charge in [0.15, 0.2) is 0 Å². The number of rotatable bonds is 6. The van der Waals surface area contributed by atoms with E-state index < -0.39 is 0 Å². The number of carbonyl (C=O) groups excluding carboxylic acids is 1. The molecule has 1 amide bonds. The van der Waals surface area contributed by atoms with Gasteiger partial charge in [-0.15, -0.1) is 0 Å². The number of hydrogen-bond acceptors (Lipinski definition) is 3. The third-order valence-corrected chi connectivity index (χ3v) is 4.69. The molecule has 1 aromatic carbocycles. The third-order valence-electron chi connectivity index (χ3n) is 4.32. The Morgan fingerprint density at radius 1 is 1.45 bits per heavy atom. The van der Waals surface area contributed by atoms with E-state index in [0.29, 0.717) is 17.6 Å². The van der Waals surface area contributed by atoms with Gasteiger partial charge in [0, 0.05) is 17.6 Å². The molecule has 0 bridgehead atoms. The van der Waals surface area contributed by atoms with Crippen molar-refractivity contribution in [1.29, 1.82) is 0 Å². The minimum absolute atomic E-state index is 0.0115. The van der Waals surface area contributed by atoms with Crippen LogP contribution in [0.5, 0.6) is 0 Å². The van der Waals surface area contributed by atoms with E-state index in [1.165, 1.54) is 0 Å². The topological polar surface area (TPSA) is 52.6 Å². The Hall–Kier alpha value is -1.10. The van der Waals surface area contributed by atoms with Gasteiger partial charge in [0.1, 0.15) is 0 Å². The second-order valence-corrected chi connectivity index (χ2v) is 6.51. The molecule has 122 valence electrons. The summed E-state index contributed by atoms with van der Waals surface area (Å²) >= 11 is 6.11. The van der Waals surface area contributed by atoms with Gasteiger partial charge in [-0.2, -0.15) is 0 Å². The van der Waals surface area contributed by atoms with Crippen LogP contribution < -0.4 is 5.32 Å². The number of benzene rings is 1. The van der Waals surface area contributed by atoms with Gasteiger partial charge < -0.3 is 10.4 Å². The number of nitrogens with one attached hydrogen (secondary N) is 1. The predicted octanol–water partition coefficient (Wildman–Crippen LogP) is 2.58. The second kappa shape index (κ2) is 7.95. The Morgan fingerprint density at radius 2 is 2.18 bits per heavy atom. The van der Waals surface area contributed by atoms with E-state index in [1.807, 2.05) is 31.2 Å². The van der Waals surface area contributed by atoms with Crippen molar-refractivity contribution in [3.05, 3.63) is 34.9 Å². The van der Waals surface area contributed by atoms with E-state index >= 15 is 0 Å². The summed E-state index contributed by atoms with van der Waals surface area (Å²) in [4.78, 5) is 14.6. The first kappa shape index (κ1) is 17.3. The average molecular weight is 325 g/mol. The Morgan fingerprint density at radius 3 is 2.86 bits per heavy atom. The van der Waals surface area contributed by atoms with E-state index in [9.17, 15) is 9.90 Å². The average Bonchev–Trinajstić information content (AvgIpc) is 2.92. The maximum Gasteiger partial charge on any atom is 0.237 e. The summed E-state index contributed by atoms with van der Waals surface area (Å²) < 4.78 is 0. The molecule has 2 rings (SSSR count). The maximum atomic E-state index is 12.4. The highest BCUT2D eigenvalue weighted by molar-refractivity contribution is 6.31. The molecule has 0 radical (unpaired) electrons. The molecule has 5 heteroatoms. The number of likely N-dealkylation sites (tertiary alicyclic amines) is 1. The molecule has 4 nitrogen and oxygen atoms in total. The van der Waals surface area contributed by atoms with E-state index in [1.54, 1.807) is 6.92 Å². The molecule has 0 saturated carbocycles. The smallest absolute Gasteiger partial charge is 0.237 e. The van der Waals surface area contributed by atoms with Crippen molar-refractivity contribution >= 4 is 17.5 Å². The Bertz CT molecular complexity index is 507. The van der Waals surface area contributed by atoms with Gasteiger partial charge in [0.25, 0.3) is 0 Å². The lowest BCUT2D eigenvalue weighted by Gasteiger charge is -2.30. The standard InChI is InChI=1S/C17H25ClN2O2/c1-12(21)10-15-7-5-9-20(15)13(2)17(22)19-11-14-6-3-4-8-16(14)18/h3-4,6,8,12-13,15,21H,5,7,9-11H2,1-2H3,(H,19,22). The minimum Gasteiger partial charge on any atom is -0.393 e. The molecule has 0 aromatic heterocycles. The van der Waals surface area contributed by atoms with Crippen molar-refractivity contribution in [2.45, 2.75) is 57.8 Å². The number of nitrogens with zero attached hydrogens (tertiary/aromatic N) is 1. The molecule has 1 heterocycles. The molecule has 22 heavy (non-hydrogen) atoms. The SMILES string of the molecule is CC(O)CC1CCCN1C(C)C(=O)NCc1ccccc1Cl. The molecule has 0 aliphatic carbocycles. The molecule has 3 atom stereocenters. The number of aliphatic hydroxyl groups excluding tert-OH is 1. The van der Waals surface area contributed by atoms with Gasteiger partial charge in [0.05, 0.1) is 12.1 Å². The van der Waals surface area contributed by atoms with Gasteiger partial charge >= 0.3 is 0 Å². The molecular weight excluding hydrogens is 300 g/mol. The van der Waals surface area contributed by atoms with Gasteiger partial charge in [0.2, 0.25) is 5.91 Å². The van der Waals surface area contributed by atoms with Crippen LogP contribution in [0.1, 0.15) is 38.7 Å². The highest BCUT2D eigenvalue weighted by atomic mass is 35.5. The Balaban J connectivity index is 1.90. The van der Waals surface area contributed by atoms with Crippen LogP contribution in [0.3, 0.4) is 0 Å². The summed E-state index contributed by atoms with van der Waals surface area (Å²) in [7, 11) is 0. The minimum atomic E-state index is -0.330. The van der Waals surface area contributed by atoms with Crippen molar-refractivity contribution in [2.75, 3.05) is 6.54 Å². The molecular formula is C17H25ClN2O2. The largest absolute Gasteiger partial charge is 0.393 e. The normalized spacial score (nSPS) is 21.5. The van der Waals surface area contributed by atoms with Crippen LogP contribution in [0, 0.1) is 0 Å². The van der Waals surface area contributed by atoms with Crippen molar-refractivity contribution in [1.82, 2.24) is 10.2 Å². The van der Waals surface area contributed by atoms with Gasteiger partial charge in [-0.25, -0.2) is 0 Å². The monoisotopic (exact) mass is 324 g/mol. The van der Waals surface area contributed by atoms with E-state index in [4.69, 9.17) is 11.6 Å². The number of amides is 1. The zero-order valence-electron chi connectivity index (χ0n) is 13.3. The fraction of sp³-hybridized carbons (Fsp3) is 0.588. The summed E-state index contributed by atoms with van der Waals surface area (Å²) in [6.45, 7) is 5.09. The summed E-state index contributed by atoms with van der Waals surface area (Å²) in [5.74, 6) is 0.0115. The van der Waals surface area contributed by atoms with Crippen LogP contribution in [0.2, 0.25) is 5.02 Å². The zero-order chi connectivity index (χ0) is 16.1. The van der Waals surface area contributed by atoms with E-state index in [2.05, 4.69) is 10.2 Å². The van der Waals surface area contributed by atoms with Crippen molar-refractivity contribution in [2.24, 2.45) is 0 Å². The summed E-state index contributed by atoms with van der Waals surface area (Å²) in [5.41, 5.74) is 0.923. The fourth-order valence-electron chi connectivity index (χ4n) is 3.14. The molecule has 1 aliphatic heterocycles. The van der Waals surface area contributed by atoms with Crippen LogP contribution in [-0.2, 0) is 11.3 Å². The first-order valence-electron chi connectivity index (χ1n) is 7.94. The molecule has 3 unspecified atom stereocenters. The lowest BCUT2D eigenvalue weighted by atomic mass is 10.1. The first-order chi connectivity index (χ1) is 10.5. The number of aliphatic hydroxyl groups is 1. The Labute approximate surface area is 137 Å². The highest BCUT2D eigenvalue weighted by Gasteiger charge is 2.32.